The Labute approximate surface area is 260 Å². The summed E-state index contributed by atoms with van der Waals surface area (Å²) in [5.41, 5.74) is 10.7. The minimum atomic E-state index is 1.11. The van der Waals surface area contributed by atoms with Gasteiger partial charge in [-0.3, -0.25) is 9.47 Å². The number of hydrogen-bond acceptors (Lipinski definition) is 1. The van der Waals surface area contributed by atoms with E-state index in [1.807, 2.05) is 0 Å². The van der Waals surface area contributed by atoms with Crippen LogP contribution in [0.5, 0.6) is 0 Å². The molecule has 3 heterocycles. The zero-order valence-corrected chi connectivity index (χ0v) is 24.4. The van der Waals surface area contributed by atoms with Gasteiger partial charge in [0.2, 0.25) is 0 Å². The van der Waals surface area contributed by atoms with Crippen molar-refractivity contribution >= 4 is 60.7 Å². The van der Waals surface area contributed by atoms with Crippen molar-refractivity contribution in [2.75, 3.05) is 4.90 Å². The van der Waals surface area contributed by atoms with Crippen molar-refractivity contribution in [3.63, 3.8) is 0 Å². The Hall–Kier alpha value is -6.06. The fraction of sp³-hybridized carbons (Fsp3) is 0. The second kappa shape index (κ2) is 9.22. The molecule has 1 aliphatic heterocycles. The first-order chi connectivity index (χ1) is 22.3. The van der Waals surface area contributed by atoms with Gasteiger partial charge in [0.05, 0.1) is 27.9 Å². The van der Waals surface area contributed by atoms with Crippen LogP contribution in [0.3, 0.4) is 0 Å². The molecule has 0 bridgehead atoms. The molecule has 45 heavy (non-hydrogen) atoms. The van der Waals surface area contributed by atoms with Gasteiger partial charge in [0.25, 0.3) is 0 Å². The van der Waals surface area contributed by atoms with Crippen molar-refractivity contribution in [2.45, 2.75) is 0 Å². The number of fused-ring (bicyclic) bond motifs is 11. The molecule has 0 fully saturated rings. The summed E-state index contributed by atoms with van der Waals surface area (Å²) in [4.78, 5) is 2.44. The monoisotopic (exact) mass is 573 g/mol. The molecule has 0 atom stereocenters. The molecule has 0 N–H and O–H groups in total. The number of anilines is 3. The number of nitrogens with zero attached hydrogens (tertiary/aromatic N) is 3. The van der Waals surface area contributed by atoms with Crippen LogP contribution in [0.1, 0.15) is 0 Å². The van der Waals surface area contributed by atoms with E-state index in [9.17, 15) is 0 Å². The van der Waals surface area contributed by atoms with Gasteiger partial charge in [-0.25, -0.2) is 0 Å². The lowest BCUT2D eigenvalue weighted by molar-refractivity contribution is 1.09. The molecule has 7 aromatic carbocycles. The number of rotatable bonds is 2. The van der Waals surface area contributed by atoms with Crippen molar-refractivity contribution in [1.29, 1.82) is 0 Å². The van der Waals surface area contributed by atoms with Gasteiger partial charge in [-0.15, -0.1) is 0 Å². The number of hydrogen-bond donors (Lipinski definition) is 0. The summed E-state index contributed by atoms with van der Waals surface area (Å²) in [6, 6.07) is 59.7. The summed E-state index contributed by atoms with van der Waals surface area (Å²) < 4.78 is 4.85. The SMILES string of the molecule is c1cc(N2c3ccccc3-c3ccccc3-n3c2cc2cc4ccccc4cc23)cc(-n2c3ccccc3c3ccccc32)c1. The fourth-order valence-electron chi connectivity index (χ4n) is 7.46. The van der Waals surface area contributed by atoms with Crippen molar-refractivity contribution in [3.8, 4) is 22.5 Å². The van der Waals surface area contributed by atoms with Crippen LogP contribution >= 0.6 is 0 Å². The normalized spacial score (nSPS) is 12.4. The highest BCUT2D eigenvalue weighted by Gasteiger charge is 2.28. The van der Waals surface area contributed by atoms with E-state index in [4.69, 9.17) is 0 Å². The Morgan fingerprint density at radius 2 is 0.911 bits per heavy atom. The summed E-state index contributed by atoms with van der Waals surface area (Å²) in [6.07, 6.45) is 0. The van der Waals surface area contributed by atoms with Crippen LogP contribution in [0.4, 0.5) is 17.2 Å². The lowest BCUT2D eigenvalue weighted by Crippen LogP contribution is -2.13. The minimum absolute atomic E-state index is 1.11. The van der Waals surface area contributed by atoms with Crippen LogP contribution in [0.15, 0.2) is 164 Å². The average Bonchev–Trinajstić information content (AvgIpc) is 3.59. The first kappa shape index (κ1) is 24.4. The topological polar surface area (TPSA) is 13.1 Å². The Balaban J connectivity index is 1.29. The van der Waals surface area contributed by atoms with Crippen molar-refractivity contribution in [1.82, 2.24) is 9.13 Å². The van der Waals surface area contributed by atoms with Gasteiger partial charge in [0.15, 0.2) is 0 Å². The van der Waals surface area contributed by atoms with E-state index in [1.54, 1.807) is 0 Å². The molecule has 210 valence electrons. The minimum Gasteiger partial charge on any atom is -0.309 e. The van der Waals surface area contributed by atoms with Gasteiger partial charge >= 0.3 is 0 Å². The van der Waals surface area contributed by atoms with E-state index >= 15 is 0 Å². The van der Waals surface area contributed by atoms with Gasteiger partial charge in [-0.2, -0.15) is 0 Å². The summed E-state index contributed by atoms with van der Waals surface area (Å²) in [5, 5.41) is 6.24. The van der Waals surface area contributed by atoms with Gasteiger partial charge in [-0.1, -0.05) is 103 Å². The maximum absolute atomic E-state index is 2.45. The molecular formula is C42H27N3. The van der Waals surface area contributed by atoms with E-state index in [0.717, 1.165) is 22.9 Å². The zero-order valence-electron chi connectivity index (χ0n) is 24.4. The lowest BCUT2D eigenvalue weighted by atomic mass is 10.0. The molecule has 9 aromatic rings. The predicted octanol–water partition coefficient (Wildman–Crippen LogP) is 11.3. The van der Waals surface area contributed by atoms with Crippen molar-refractivity contribution in [3.05, 3.63) is 164 Å². The van der Waals surface area contributed by atoms with Crippen LogP contribution in [-0.2, 0) is 0 Å². The van der Waals surface area contributed by atoms with Gasteiger partial charge in [0.1, 0.15) is 5.82 Å². The largest absolute Gasteiger partial charge is 0.309 e. The second-order valence-corrected chi connectivity index (χ2v) is 11.9. The molecule has 0 saturated heterocycles. The summed E-state index contributed by atoms with van der Waals surface area (Å²) in [7, 11) is 0. The molecule has 0 radical (unpaired) electrons. The van der Waals surface area contributed by atoms with E-state index in [-0.39, 0.29) is 0 Å². The van der Waals surface area contributed by atoms with Crippen LogP contribution in [0, 0.1) is 0 Å². The van der Waals surface area contributed by atoms with Gasteiger partial charge in [0, 0.05) is 38.7 Å². The Bertz CT molecular complexity index is 2570. The highest BCUT2D eigenvalue weighted by atomic mass is 15.3. The van der Waals surface area contributed by atoms with Gasteiger partial charge < -0.3 is 4.57 Å². The highest BCUT2D eigenvalue weighted by Crippen LogP contribution is 2.49. The van der Waals surface area contributed by atoms with Crippen molar-refractivity contribution < 1.29 is 0 Å². The van der Waals surface area contributed by atoms with E-state index in [0.29, 0.717) is 0 Å². The Morgan fingerprint density at radius 3 is 1.67 bits per heavy atom. The molecule has 0 amide bonds. The zero-order chi connectivity index (χ0) is 29.5. The third-order valence-electron chi connectivity index (χ3n) is 9.38. The second-order valence-electron chi connectivity index (χ2n) is 11.9. The van der Waals surface area contributed by atoms with E-state index in [1.165, 1.54) is 60.3 Å². The fourth-order valence-corrected chi connectivity index (χ4v) is 7.46. The standard InChI is InChI=1S/C42H27N3/c1-2-13-29-25-41-30(24-28(29)12-1)26-42-44(39-22-9-5-18-35(39)36-19-6-10-23-40(36)45(41)42)32-15-11-14-31(27-32)43-37-20-7-3-16-33(37)34-17-4-8-21-38(34)43/h1-27H. The molecule has 2 aromatic heterocycles. The molecular weight excluding hydrogens is 546 g/mol. The van der Waals surface area contributed by atoms with Crippen LogP contribution < -0.4 is 4.90 Å². The summed E-state index contributed by atoms with van der Waals surface area (Å²) in [6.45, 7) is 0. The third kappa shape index (κ3) is 3.46. The smallest absolute Gasteiger partial charge is 0.123 e. The first-order valence-electron chi connectivity index (χ1n) is 15.5. The number of aromatic nitrogens is 2. The Morgan fingerprint density at radius 1 is 0.333 bits per heavy atom. The quantitative estimate of drug-likeness (QED) is 0.200. The number of para-hydroxylation sites is 4. The maximum Gasteiger partial charge on any atom is 0.123 e. The summed E-state index contributed by atoms with van der Waals surface area (Å²) >= 11 is 0. The van der Waals surface area contributed by atoms with Gasteiger partial charge in [-0.05, 0) is 71.4 Å². The molecule has 3 heteroatoms. The molecule has 1 aliphatic rings. The molecule has 0 spiro atoms. The molecule has 0 aliphatic carbocycles. The lowest BCUT2D eigenvalue weighted by Gasteiger charge is -2.26. The number of benzene rings is 7. The van der Waals surface area contributed by atoms with E-state index < -0.39 is 0 Å². The molecule has 0 unspecified atom stereocenters. The molecule has 3 nitrogen and oxygen atoms in total. The first-order valence-corrected chi connectivity index (χ1v) is 15.5. The Kier molecular flexibility index (Phi) is 5.00. The van der Waals surface area contributed by atoms with E-state index in [2.05, 4.69) is 178 Å². The van der Waals surface area contributed by atoms with Crippen LogP contribution in [0.2, 0.25) is 0 Å². The third-order valence-corrected chi connectivity index (χ3v) is 9.38. The van der Waals surface area contributed by atoms with Crippen LogP contribution in [0.25, 0.3) is 66.0 Å². The average molecular weight is 574 g/mol. The molecule has 0 saturated carbocycles. The predicted molar refractivity (Wildman–Crippen MR) is 189 cm³/mol. The van der Waals surface area contributed by atoms with Crippen LogP contribution in [-0.4, -0.2) is 9.13 Å². The van der Waals surface area contributed by atoms with Crippen molar-refractivity contribution in [2.24, 2.45) is 0 Å². The highest BCUT2D eigenvalue weighted by molar-refractivity contribution is 6.09. The summed E-state index contributed by atoms with van der Waals surface area (Å²) in [5.74, 6) is 1.12. The molecule has 10 rings (SSSR count). The maximum atomic E-state index is 2.45.